The molecule has 2 aromatic rings. The first kappa shape index (κ1) is 14.9. The Balaban J connectivity index is 2.17. The van der Waals surface area contributed by atoms with Crippen LogP contribution < -0.4 is 0 Å². The largest absolute Gasteiger partial charge is 0.294 e. The lowest BCUT2D eigenvalue weighted by molar-refractivity contribution is 0.0992. The van der Waals surface area contributed by atoms with E-state index in [0.717, 1.165) is 16.3 Å². The third-order valence-electron chi connectivity index (χ3n) is 3.00. The fraction of sp³-hybridized carbons (Fsp3) is 0.375. The summed E-state index contributed by atoms with van der Waals surface area (Å²) in [5, 5.41) is 2.77. The number of hydrogen-bond donors (Lipinski definition) is 0. The van der Waals surface area contributed by atoms with E-state index in [0.29, 0.717) is 5.56 Å². The lowest BCUT2D eigenvalue weighted by Crippen LogP contribution is -2.12. The Kier molecular flexibility index (Phi) is 4.04. The van der Waals surface area contributed by atoms with Gasteiger partial charge in [-0.05, 0) is 30.7 Å². The van der Waals surface area contributed by atoms with Gasteiger partial charge < -0.3 is 0 Å². The lowest BCUT2D eigenvalue weighted by atomic mass is 9.93. The molecule has 0 bridgehead atoms. The van der Waals surface area contributed by atoms with Crippen LogP contribution >= 0.6 is 11.3 Å². The Bertz CT molecular complexity index is 620. The Hall–Kier alpha value is -1.55. The third-order valence-corrected chi connectivity index (χ3v) is 3.84. The van der Waals surface area contributed by atoms with Gasteiger partial charge in [0.15, 0.2) is 5.78 Å². The van der Waals surface area contributed by atoms with E-state index in [9.17, 15) is 9.18 Å². The predicted octanol–water partition coefficient (Wildman–Crippen LogP) is 4.31. The van der Waals surface area contributed by atoms with Gasteiger partial charge in [0.1, 0.15) is 10.8 Å². The van der Waals surface area contributed by atoms with Crippen molar-refractivity contribution >= 4 is 17.1 Å². The average Bonchev–Trinajstić information content (AvgIpc) is 2.75. The number of ketones is 1. The van der Waals surface area contributed by atoms with Crippen molar-refractivity contribution in [1.29, 1.82) is 0 Å². The van der Waals surface area contributed by atoms with E-state index in [-0.39, 0.29) is 23.4 Å². The zero-order valence-corrected chi connectivity index (χ0v) is 13.0. The normalized spacial score (nSPS) is 11.7. The number of hydrogen-bond acceptors (Lipinski definition) is 3. The van der Waals surface area contributed by atoms with Crippen molar-refractivity contribution in [3.63, 3.8) is 0 Å². The van der Waals surface area contributed by atoms with Gasteiger partial charge in [0, 0.05) is 16.4 Å². The number of halogens is 1. The maximum atomic E-state index is 13.3. The van der Waals surface area contributed by atoms with Crippen LogP contribution in [0.2, 0.25) is 0 Å². The highest BCUT2D eigenvalue weighted by atomic mass is 32.1. The standard InChI is InChI=1S/C16H18FNOS/c1-10-5-11(7-12(17)6-10)13(19)8-15-18-14(9-20-15)16(2,3)4/h5-7,9H,8H2,1-4H3. The molecular formula is C16H18FNOS. The molecule has 20 heavy (non-hydrogen) atoms. The van der Waals surface area contributed by atoms with Gasteiger partial charge >= 0.3 is 0 Å². The molecule has 0 aliphatic carbocycles. The van der Waals surface area contributed by atoms with E-state index in [1.807, 2.05) is 5.38 Å². The van der Waals surface area contributed by atoms with Crippen LogP contribution in [0.15, 0.2) is 23.6 Å². The number of aromatic nitrogens is 1. The van der Waals surface area contributed by atoms with Crippen molar-refractivity contribution in [2.24, 2.45) is 0 Å². The van der Waals surface area contributed by atoms with Crippen LogP contribution in [-0.2, 0) is 11.8 Å². The molecule has 4 heteroatoms. The summed E-state index contributed by atoms with van der Waals surface area (Å²) in [5.74, 6) is -0.467. The smallest absolute Gasteiger partial charge is 0.169 e. The number of carbonyl (C=O) groups excluding carboxylic acids is 1. The number of benzene rings is 1. The number of aryl methyl sites for hydroxylation is 1. The molecule has 0 aliphatic rings. The molecule has 2 nitrogen and oxygen atoms in total. The van der Waals surface area contributed by atoms with Crippen molar-refractivity contribution in [3.05, 3.63) is 51.2 Å². The highest BCUT2D eigenvalue weighted by Gasteiger charge is 2.19. The van der Waals surface area contributed by atoms with Crippen molar-refractivity contribution < 1.29 is 9.18 Å². The van der Waals surface area contributed by atoms with E-state index in [2.05, 4.69) is 25.8 Å². The Morgan fingerprint density at radius 1 is 1.30 bits per heavy atom. The zero-order chi connectivity index (χ0) is 14.9. The molecular weight excluding hydrogens is 273 g/mol. The molecule has 0 amide bonds. The quantitative estimate of drug-likeness (QED) is 0.789. The second-order valence-corrected chi connectivity index (χ2v) is 6.94. The van der Waals surface area contributed by atoms with E-state index in [4.69, 9.17) is 0 Å². The van der Waals surface area contributed by atoms with E-state index < -0.39 is 0 Å². The summed E-state index contributed by atoms with van der Waals surface area (Å²) in [6.45, 7) is 8.04. The van der Waals surface area contributed by atoms with Gasteiger partial charge in [-0.1, -0.05) is 20.8 Å². The van der Waals surface area contributed by atoms with Gasteiger partial charge in [-0.3, -0.25) is 4.79 Å². The highest BCUT2D eigenvalue weighted by Crippen LogP contribution is 2.24. The number of rotatable bonds is 3. The summed E-state index contributed by atoms with van der Waals surface area (Å²) >= 11 is 1.48. The number of nitrogens with zero attached hydrogens (tertiary/aromatic N) is 1. The number of Topliss-reactive ketones (excluding diaryl/α,β-unsaturated/α-hetero) is 1. The van der Waals surface area contributed by atoms with Crippen LogP contribution in [0.1, 0.15) is 47.4 Å². The van der Waals surface area contributed by atoms with Crippen molar-refractivity contribution in [1.82, 2.24) is 4.98 Å². The molecule has 106 valence electrons. The van der Waals surface area contributed by atoms with E-state index >= 15 is 0 Å². The summed E-state index contributed by atoms with van der Waals surface area (Å²) in [7, 11) is 0. The molecule has 0 saturated carbocycles. The maximum Gasteiger partial charge on any atom is 0.169 e. The van der Waals surface area contributed by atoms with Crippen LogP contribution in [0.25, 0.3) is 0 Å². The summed E-state index contributed by atoms with van der Waals surface area (Å²) in [6, 6.07) is 4.41. The summed E-state index contributed by atoms with van der Waals surface area (Å²) in [5.41, 5.74) is 2.13. The van der Waals surface area contributed by atoms with Gasteiger partial charge in [-0.15, -0.1) is 11.3 Å². The van der Waals surface area contributed by atoms with Crippen LogP contribution in [0, 0.1) is 12.7 Å². The third kappa shape index (κ3) is 3.51. The Labute approximate surface area is 122 Å². The average molecular weight is 291 g/mol. The van der Waals surface area contributed by atoms with Gasteiger partial charge in [-0.2, -0.15) is 0 Å². The van der Waals surface area contributed by atoms with Crippen LogP contribution in [-0.4, -0.2) is 10.8 Å². The molecule has 0 saturated heterocycles. The van der Waals surface area contributed by atoms with Gasteiger partial charge in [-0.25, -0.2) is 9.37 Å². The Morgan fingerprint density at radius 2 is 2.00 bits per heavy atom. The second-order valence-electron chi connectivity index (χ2n) is 5.99. The zero-order valence-electron chi connectivity index (χ0n) is 12.2. The summed E-state index contributed by atoms with van der Waals surface area (Å²) < 4.78 is 13.3. The minimum absolute atomic E-state index is 0.0206. The van der Waals surface area contributed by atoms with Crippen molar-refractivity contribution in [2.75, 3.05) is 0 Å². The minimum Gasteiger partial charge on any atom is -0.294 e. The van der Waals surface area contributed by atoms with Gasteiger partial charge in [0.05, 0.1) is 12.1 Å². The monoisotopic (exact) mass is 291 g/mol. The molecule has 0 fully saturated rings. The predicted molar refractivity (Wildman–Crippen MR) is 80.0 cm³/mol. The highest BCUT2D eigenvalue weighted by molar-refractivity contribution is 7.09. The topological polar surface area (TPSA) is 30.0 Å². The first-order chi connectivity index (χ1) is 9.25. The van der Waals surface area contributed by atoms with Gasteiger partial charge in [0.25, 0.3) is 0 Å². The number of carbonyl (C=O) groups is 1. The molecule has 0 aliphatic heterocycles. The first-order valence-corrected chi connectivity index (χ1v) is 7.39. The molecule has 2 rings (SSSR count). The van der Waals surface area contributed by atoms with E-state index in [1.54, 1.807) is 13.0 Å². The first-order valence-electron chi connectivity index (χ1n) is 6.51. The van der Waals surface area contributed by atoms with Gasteiger partial charge in [0.2, 0.25) is 0 Å². The molecule has 1 aromatic carbocycles. The molecule has 1 heterocycles. The van der Waals surface area contributed by atoms with Crippen molar-refractivity contribution in [2.45, 2.75) is 39.5 Å². The second kappa shape index (κ2) is 5.44. The molecule has 0 spiro atoms. The molecule has 0 unspecified atom stereocenters. The summed E-state index contributed by atoms with van der Waals surface area (Å²) in [4.78, 5) is 16.7. The molecule has 0 N–H and O–H groups in total. The number of thiazole rings is 1. The Morgan fingerprint density at radius 3 is 2.55 bits per heavy atom. The molecule has 1 aromatic heterocycles. The van der Waals surface area contributed by atoms with Crippen LogP contribution in [0.4, 0.5) is 4.39 Å². The van der Waals surface area contributed by atoms with Crippen molar-refractivity contribution in [3.8, 4) is 0 Å². The molecule has 0 atom stereocenters. The SMILES string of the molecule is Cc1cc(F)cc(C(=O)Cc2nc(C(C)(C)C)cs2)c1. The summed E-state index contributed by atoms with van der Waals surface area (Å²) in [6.07, 6.45) is 0.226. The fourth-order valence-corrected chi connectivity index (χ4v) is 2.89. The maximum absolute atomic E-state index is 13.3. The minimum atomic E-state index is -0.372. The lowest BCUT2D eigenvalue weighted by Gasteiger charge is -2.14. The fourth-order valence-electron chi connectivity index (χ4n) is 1.87. The van der Waals surface area contributed by atoms with Crippen LogP contribution in [0.3, 0.4) is 0 Å². The van der Waals surface area contributed by atoms with E-state index in [1.165, 1.54) is 23.5 Å². The van der Waals surface area contributed by atoms with Crippen LogP contribution in [0.5, 0.6) is 0 Å². The molecule has 0 radical (unpaired) electrons.